The second kappa shape index (κ2) is 7.52. The predicted octanol–water partition coefficient (Wildman–Crippen LogP) is 0.829. The third kappa shape index (κ3) is 3.90. The summed E-state index contributed by atoms with van der Waals surface area (Å²) in [7, 11) is 2.99. The first-order valence-corrected chi connectivity index (χ1v) is 7.87. The van der Waals surface area contributed by atoms with E-state index in [1.807, 2.05) is 18.2 Å². The summed E-state index contributed by atoms with van der Waals surface area (Å²) >= 11 is 0. The van der Waals surface area contributed by atoms with Gasteiger partial charge in [-0.3, -0.25) is 14.5 Å². The molecule has 25 heavy (non-hydrogen) atoms. The number of rotatable bonds is 7. The molecule has 0 saturated carbocycles. The zero-order valence-electron chi connectivity index (χ0n) is 14.8. The summed E-state index contributed by atoms with van der Waals surface area (Å²) in [5.74, 6) is -0.277. The Bertz CT molecular complexity index is 678. The van der Waals surface area contributed by atoms with Crippen LogP contribution in [-0.2, 0) is 14.3 Å². The van der Waals surface area contributed by atoms with Crippen LogP contribution in [0.25, 0.3) is 0 Å². The van der Waals surface area contributed by atoms with Crippen molar-refractivity contribution in [3.63, 3.8) is 0 Å². The van der Waals surface area contributed by atoms with Crippen molar-refractivity contribution in [1.82, 2.24) is 15.5 Å². The average Bonchev–Trinajstić information content (AvgIpc) is 2.78. The summed E-state index contributed by atoms with van der Waals surface area (Å²) in [4.78, 5) is 37.6. The summed E-state index contributed by atoms with van der Waals surface area (Å²) < 4.78 is 10.2. The lowest BCUT2D eigenvalue weighted by Gasteiger charge is -2.21. The number of urea groups is 1. The van der Waals surface area contributed by atoms with E-state index in [0.717, 1.165) is 10.5 Å². The maximum atomic E-state index is 12.4. The number of para-hydroxylation sites is 1. The Balaban J connectivity index is 2.03. The molecule has 0 spiro atoms. The van der Waals surface area contributed by atoms with E-state index in [1.165, 1.54) is 7.11 Å². The smallest absolute Gasteiger partial charge is 0.325 e. The molecule has 0 radical (unpaired) electrons. The highest BCUT2D eigenvalue weighted by Gasteiger charge is 2.48. The van der Waals surface area contributed by atoms with E-state index in [-0.39, 0.29) is 19.2 Å². The van der Waals surface area contributed by atoms with Crippen LogP contribution in [0.5, 0.6) is 5.75 Å². The quantitative estimate of drug-likeness (QED) is 0.711. The van der Waals surface area contributed by atoms with Gasteiger partial charge in [-0.25, -0.2) is 4.79 Å². The number of carbonyl (C=O) groups is 3. The van der Waals surface area contributed by atoms with E-state index in [4.69, 9.17) is 9.47 Å². The van der Waals surface area contributed by atoms with Gasteiger partial charge in [0, 0.05) is 12.7 Å². The van der Waals surface area contributed by atoms with Crippen LogP contribution in [0.3, 0.4) is 0 Å². The van der Waals surface area contributed by atoms with Gasteiger partial charge in [0.05, 0.1) is 19.8 Å². The molecule has 1 aliphatic heterocycles. The molecule has 136 valence electrons. The van der Waals surface area contributed by atoms with Crippen LogP contribution in [0.1, 0.15) is 25.5 Å². The van der Waals surface area contributed by atoms with Gasteiger partial charge in [0.2, 0.25) is 5.91 Å². The first-order valence-electron chi connectivity index (χ1n) is 7.87. The average molecular weight is 349 g/mol. The SMILES string of the molecule is COC[C@@]1(C)NC(=O)N(CC(=O)N[C@H](C)c2ccccc2OC)C1=O. The number of carbonyl (C=O) groups excluding carboxylic acids is 3. The normalized spacial score (nSPS) is 21.0. The van der Waals surface area contributed by atoms with Gasteiger partial charge in [-0.2, -0.15) is 0 Å². The van der Waals surface area contributed by atoms with Gasteiger partial charge in [-0.05, 0) is 19.9 Å². The molecule has 0 bridgehead atoms. The van der Waals surface area contributed by atoms with Gasteiger partial charge in [0.1, 0.15) is 17.8 Å². The highest BCUT2D eigenvalue weighted by atomic mass is 16.5. The molecule has 1 aromatic carbocycles. The number of nitrogens with zero attached hydrogens (tertiary/aromatic N) is 1. The maximum absolute atomic E-state index is 12.4. The number of amides is 4. The van der Waals surface area contributed by atoms with Crippen molar-refractivity contribution < 1.29 is 23.9 Å². The predicted molar refractivity (Wildman–Crippen MR) is 90.1 cm³/mol. The van der Waals surface area contributed by atoms with Crippen molar-refractivity contribution in [2.45, 2.75) is 25.4 Å². The molecule has 1 aliphatic rings. The largest absolute Gasteiger partial charge is 0.496 e. The summed E-state index contributed by atoms with van der Waals surface area (Å²) in [6.45, 7) is 3.04. The Morgan fingerprint density at radius 1 is 1.32 bits per heavy atom. The molecule has 1 saturated heterocycles. The molecule has 2 atom stereocenters. The maximum Gasteiger partial charge on any atom is 0.325 e. The molecule has 0 aliphatic carbocycles. The van der Waals surface area contributed by atoms with Crippen molar-refractivity contribution in [2.75, 3.05) is 27.4 Å². The first-order chi connectivity index (χ1) is 11.8. The molecule has 1 heterocycles. The van der Waals surface area contributed by atoms with Crippen molar-refractivity contribution >= 4 is 17.8 Å². The molecule has 0 aromatic heterocycles. The standard InChI is InChI=1S/C17H23N3O5/c1-11(12-7-5-6-8-13(12)25-4)18-14(21)9-20-15(22)17(2,10-24-3)19-16(20)23/h5-8,11H,9-10H2,1-4H3,(H,18,21)(H,19,23)/t11-,17-/m1/s1. The van der Waals surface area contributed by atoms with Crippen LogP contribution < -0.4 is 15.4 Å². The lowest BCUT2D eigenvalue weighted by Crippen LogP contribution is -2.48. The monoisotopic (exact) mass is 349 g/mol. The highest BCUT2D eigenvalue weighted by molar-refractivity contribution is 6.08. The number of hydrogen-bond acceptors (Lipinski definition) is 5. The Labute approximate surface area is 146 Å². The molecule has 2 rings (SSSR count). The third-order valence-corrected chi connectivity index (χ3v) is 4.06. The number of methoxy groups -OCH3 is 2. The third-order valence-electron chi connectivity index (χ3n) is 4.06. The second-order valence-corrected chi connectivity index (χ2v) is 6.12. The number of nitrogens with one attached hydrogen (secondary N) is 2. The number of hydrogen-bond donors (Lipinski definition) is 2. The van der Waals surface area contributed by atoms with E-state index in [1.54, 1.807) is 27.0 Å². The van der Waals surface area contributed by atoms with Crippen LogP contribution >= 0.6 is 0 Å². The molecule has 4 amide bonds. The van der Waals surface area contributed by atoms with E-state index in [2.05, 4.69) is 10.6 Å². The van der Waals surface area contributed by atoms with E-state index in [9.17, 15) is 14.4 Å². The van der Waals surface area contributed by atoms with E-state index in [0.29, 0.717) is 5.75 Å². The zero-order valence-corrected chi connectivity index (χ0v) is 14.8. The molecule has 2 N–H and O–H groups in total. The molecular formula is C17H23N3O5. The van der Waals surface area contributed by atoms with E-state index < -0.39 is 23.4 Å². The Morgan fingerprint density at radius 2 is 2.00 bits per heavy atom. The summed E-state index contributed by atoms with van der Waals surface area (Å²) in [5.41, 5.74) is -0.347. The zero-order chi connectivity index (χ0) is 18.6. The van der Waals surface area contributed by atoms with Gasteiger partial charge in [-0.15, -0.1) is 0 Å². The number of ether oxygens (including phenoxy) is 2. The van der Waals surface area contributed by atoms with Crippen LogP contribution in [-0.4, -0.2) is 55.7 Å². The highest BCUT2D eigenvalue weighted by Crippen LogP contribution is 2.24. The molecular weight excluding hydrogens is 326 g/mol. The van der Waals surface area contributed by atoms with Crippen molar-refractivity contribution in [1.29, 1.82) is 0 Å². The minimum absolute atomic E-state index is 0.0350. The van der Waals surface area contributed by atoms with Crippen molar-refractivity contribution in [3.8, 4) is 5.75 Å². The van der Waals surface area contributed by atoms with Gasteiger partial charge < -0.3 is 20.1 Å². The Kier molecular flexibility index (Phi) is 5.63. The lowest BCUT2D eigenvalue weighted by atomic mass is 10.0. The van der Waals surface area contributed by atoms with Crippen molar-refractivity contribution in [2.24, 2.45) is 0 Å². The van der Waals surface area contributed by atoms with Gasteiger partial charge in [0.15, 0.2) is 0 Å². The minimum atomic E-state index is -1.15. The first kappa shape index (κ1) is 18.7. The molecule has 1 fully saturated rings. The van der Waals surface area contributed by atoms with Gasteiger partial charge in [0.25, 0.3) is 5.91 Å². The summed E-state index contributed by atoms with van der Waals surface area (Å²) in [6.07, 6.45) is 0. The molecule has 8 heteroatoms. The summed E-state index contributed by atoms with van der Waals surface area (Å²) in [5, 5.41) is 5.33. The van der Waals surface area contributed by atoms with Crippen LogP contribution in [0.15, 0.2) is 24.3 Å². The molecule has 0 unspecified atom stereocenters. The second-order valence-electron chi connectivity index (χ2n) is 6.12. The number of benzene rings is 1. The van der Waals surface area contributed by atoms with Gasteiger partial charge >= 0.3 is 6.03 Å². The number of imide groups is 1. The molecule has 1 aromatic rings. The van der Waals surface area contributed by atoms with E-state index >= 15 is 0 Å². The van der Waals surface area contributed by atoms with Crippen molar-refractivity contribution in [3.05, 3.63) is 29.8 Å². The summed E-state index contributed by atoms with van der Waals surface area (Å²) in [6, 6.07) is 6.37. The minimum Gasteiger partial charge on any atom is -0.496 e. The van der Waals surface area contributed by atoms with Crippen LogP contribution in [0.2, 0.25) is 0 Å². The Hall–Kier alpha value is -2.61. The Morgan fingerprint density at radius 3 is 2.64 bits per heavy atom. The molecule has 8 nitrogen and oxygen atoms in total. The lowest BCUT2D eigenvalue weighted by molar-refractivity contribution is -0.136. The fraction of sp³-hybridized carbons (Fsp3) is 0.471. The fourth-order valence-corrected chi connectivity index (χ4v) is 2.81. The van der Waals surface area contributed by atoms with Gasteiger partial charge in [-0.1, -0.05) is 18.2 Å². The topological polar surface area (TPSA) is 97.0 Å². The fourth-order valence-electron chi connectivity index (χ4n) is 2.81. The van der Waals surface area contributed by atoms with Crippen LogP contribution in [0, 0.1) is 0 Å². The van der Waals surface area contributed by atoms with Crippen LogP contribution in [0.4, 0.5) is 4.79 Å².